The molecular formula is C23H32ClN3O2. The molecule has 0 aliphatic carbocycles. The SMILES string of the molecule is CNCCC1CCN(CC(=O)Nc2ccccc2Oc2ccc(C)cc2)CC1.Cl. The summed E-state index contributed by atoms with van der Waals surface area (Å²) in [7, 11) is 2.00. The van der Waals surface area contributed by atoms with Gasteiger partial charge in [-0.15, -0.1) is 12.4 Å². The van der Waals surface area contributed by atoms with Gasteiger partial charge in [-0.1, -0.05) is 29.8 Å². The molecule has 1 aliphatic rings. The van der Waals surface area contributed by atoms with Gasteiger partial charge in [0.1, 0.15) is 5.75 Å². The summed E-state index contributed by atoms with van der Waals surface area (Å²) in [5.41, 5.74) is 1.89. The molecule has 5 nitrogen and oxygen atoms in total. The van der Waals surface area contributed by atoms with Crippen LogP contribution in [0.25, 0.3) is 0 Å². The predicted octanol–water partition coefficient (Wildman–Crippen LogP) is 4.47. The zero-order valence-corrected chi connectivity index (χ0v) is 18.1. The Labute approximate surface area is 180 Å². The Bertz CT molecular complexity index is 759. The molecule has 1 aliphatic heterocycles. The van der Waals surface area contributed by atoms with E-state index < -0.39 is 0 Å². The normalized spacial score (nSPS) is 14.8. The molecule has 0 radical (unpaired) electrons. The molecule has 29 heavy (non-hydrogen) atoms. The number of hydrogen-bond acceptors (Lipinski definition) is 4. The number of piperidine rings is 1. The molecule has 1 amide bonds. The van der Waals surface area contributed by atoms with Crippen molar-refractivity contribution in [2.75, 3.05) is 38.5 Å². The Morgan fingerprint density at radius 1 is 1.10 bits per heavy atom. The van der Waals surface area contributed by atoms with E-state index in [2.05, 4.69) is 15.5 Å². The number of hydrogen-bond donors (Lipinski definition) is 2. The number of aryl methyl sites for hydroxylation is 1. The van der Waals surface area contributed by atoms with E-state index in [1.165, 1.54) is 24.8 Å². The van der Waals surface area contributed by atoms with E-state index in [1.807, 2.05) is 62.5 Å². The molecule has 1 saturated heterocycles. The van der Waals surface area contributed by atoms with Gasteiger partial charge in [-0.05, 0) is 83.1 Å². The number of nitrogens with zero attached hydrogens (tertiary/aromatic N) is 1. The maximum atomic E-state index is 12.6. The molecule has 3 rings (SSSR count). The maximum absolute atomic E-state index is 12.6. The molecule has 6 heteroatoms. The van der Waals surface area contributed by atoms with Crippen LogP contribution in [0, 0.1) is 12.8 Å². The molecular weight excluding hydrogens is 386 g/mol. The van der Waals surface area contributed by atoms with Crippen LogP contribution < -0.4 is 15.4 Å². The summed E-state index contributed by atoms with van der Waals surface area (Å²) < 4.78 is 5.97. The van der Waals surface area contributed by atoms with Crippen LogP contribution in [-0.2, 0) is 4.79 Å². The highest BCUT2D eigenvalue weighted by Gasteiger charge is 2.20. The van der Waals surface area contributed by atoms with Crippen molar-refractivity contribution in [2.45, 2.75) is 26.2 Å². The first-order chi connectivity index (χ1) is 13.6. The van der Waals surface area contributed by atoms with Crippen molar-refractivity contribution in [3.8, 4) is 11.5 Å². The number of carbonyl (C=O) groups is 1. The molecule has 0 spiro atoms. The molecule has 158 valence electrons. The molecule has 0 aromatic heterocycles. The number of ether oxygens (including phenoxy) is 1. The fourth-order valence-electron chi connectivity index (χ4n) is 3.57. The van der Waals surface area contributed by atoms with Gasteiger partial charge in [-0.25, -0.2) is 0 Å². The van der Waals surface area contributed by atoms with Gasteiger partial charge in [-0.2, -0.15) is 0 Å². The van der Waals surface area contributed by atoms with Crippen LogP contribution in [0.3, 0.4) is 0 Å². The summed E-state index contributed by atoms with van der Waals surface area (Å²) in [4.78, 5) is 14.8. The van der Waals surface area contributed by atoms with Gasteiger partial charge in [0.15, 0.2) is 5.75 Å². The summed E-state index contributed by atoms with van der Waals surface area (Å²) in [5, 5.41) is 6.24. The Morgan fingerprint density at radius 3 is 2.48 bits per heavy atom. The number of likely N-dealkylation sites (tertiary alicyclic amines) is 1. The van der Waals surface area contributed by atoms with E-state index in [4.69, 9.17) is 4.74 Å². The van der Waals surface area contributed by atoms with Crippen LogP contribution in [0.2, 0.25) is 0 Å². The Balaban J connectivity index is 0.00000300. The zero-order chi connectivity index (χ0) is 19.8. The van der Waals surface area contributed by atoms with Gasteiger partial charge in [0, 0.05) is 0 Å². The molecule has 1 fully saturated rings. The van der Waals surface area contributed by atoms with E-state index in [1.54, 1.807) is 0 Å². The molecule has 2 aromatic rings. The van der Waals surface area contributed by atoms with Crippen LogP contribution in [-0.4, -0.2) is 44.0 Å². The number of benzene rings is 2. The summed E-state index contributed by atoms with van der Waals surface area (Å²) in [6.07, 6.45) is 3.56. The first-order valence-corrected chi connectivity index (χ1v) is 10.1. The Morgan fingerprint density at radius 2 is 1.79 bits per heavy atom. The molecule has 0 atom stereocenters. The second-order valence-electron chi connectivity index (χ2n) is 7.57. The van der Waals surface area contributed by atoms with Crippen molar-refractivity contribution in [3.05, 3.63) is 54.1 Å². The first-order valence-electron chi connectivity index (χ1n) is 10.1. The third-order valence-corrected chi connectivity index (χ3v) is 5.29. The number of anilines is 1. The predicted molar refractivity (Wildman–Crippen MR) is 121 cm³/mol. The van der Waals surface area contributed by atoms with Crippen LogP contribution in [0.1, 0.15) is 24.8 Å². The van der Waals surface area contributed by atoms with Crippen LogP contribution >= 0.6 is 12.4 Å². The van der Waals surface area contributed by atoms with Gasteiger partial charge >= 0.3 is 0 Å². The number of carbonyl (C=O) groups excluding carboxylic acids is 1. The molecule has 0 saturated carbocycles. The minimum atomic E-state index is 0. The number of rotatable bonds is 8. The van der Waals surface area contributed by atoms with Gasteiger partial charge in [-0.3, -0.25) is 9.69 Å². The standard InChI is InChI=1S/C23H31N3O2.ClH/c1-18-7-9-20(10-8-18)28-22-6-4-3-5-21(22)25-23(27)17-26-15-12-19(13-16-26)11-14-24-2;/h3-10,19,24H,11-17H2,1-2H3,(H,25,27);1H. The lowest BCUT2D eigenvalue weighted by Crippen LogP contribution is -2.39. The average molecular weight is 418 g/mol. The zero-order valence-electron chi connectivity index (χ0n) is 17.3. The molecule has 0 bridgehead atoms. The van der Waals surface area contributed by atoms with E-state index in [0.29, 0.717) is 18.0 Å². The minimum Gasteiger partial charge on any atom is -0.455 e. The van der Waals surface area contributed by atoms with Crippen LogP contribution in [0.15, 0.2) is 48.5 Å². The van der Waals surface area contributed by atoms with E-state index in [-0.39, 0.29) is 18.3 Å². The van der Waals surface area contributed by atoms with E-state index in [0.717, 1.165) is 31.3 Å². The monoisotopic (exact) mass is 417 g/mol. The highest BCUT2D eigenvalue weighted by Crippen LogP contribution is 2.29. The molecule has 0 unspecified atom stereocenters. The van der Waals surface area contributed by atoms with Crippen molar-refractivity contribution in [1.82, 2.24) is 10.2 Å². The lowest BCUT2D eigenvalue weighted by atomic mass is 9.93. The molecule has 2 N–H and O–H groups in total. The van der Waals surface area contributed by atoms with Crippen molar-refractivity contribution in [3.63, 3.8) is 0 Å². The summed E-state index contributed by atoms with van der Waals surface area (Å²) in [6, 6.07) is 15.5. The lowest BCUT2D eigenvalue weighted by Gasteiger charge is -2.31. The Kier molecular flexibility index (Phi) is 9.45. The van der Waals surface area contributed by atoms with Crippen molar-refractivity contribution in [1.29, 1.82) is 0 Å². The Hall–Kier alpha value is -2.08. The van der Waals surface area contributed by atoms with Gasteiger partial charge < -0.3 is 15.4 Å². The van der Waals surface area contributed by atoms with Gasteiger partial charge in [0.05, 0.1) is 12.2 Å². The quantitative estimate of drug-likeness (QED) is 0.665. The summed E-state index contributed by atoms with van der Waals surface area (Å²) in [5.74, 6) is 2.20. The second-order valence-corrected chi connectivity index (χ2v) is 7.57. The highest BCUT2D eigenvalue weighted by molar-refractivity contribution is 5.93. The van der Waals surface area contributed by atoms with Crippen LogP contribution in [0.4, 0.5) is 5.69 Å². The van der Waals surface area contributed by atoms with Gasteiger partial charge in [0.2, 0.25) is 5.91 Å². The van der Waals surface area contributed by atoms with Gasteiger partial charge in [0.25, 0.3) is 0 Å². The summed E-state index contributed by atoms with van der Waals surface area (Å²) >= 11 is 0. The number of nitrogens with one attached hydrogen (secondary N) is 2. The lowest BCUT2D eigenvalue weighted by molar-refractivity contribution is -0.117. The van der Waals surface area contributed by atoms with Crippen molar-refractivity contribution in [2.24, 2.45) is 5.92 Å². The van der Waals surface area contributed by atoms with E-state index >= 15 is 0 Å². The van der Waals surface area contributed by atoms with Crippen molar-refractivity contribution >= 4 is 24.0 Å². The fourth-order valence-corrected chi connectivity index (χ4v) is 3.57. The smallest absolute Gasteiger partial charge is 0.238 e. The molecule has 2 aromatic carbocycles. The average Bonchev–Trinajstić information content (AvgIpc) is 2.70. The summed E-state index contributed by atoms with van der Waals surface area (Å²) in [6.45, 7) is 5.52. The van der Waals surface area contributed by atoms with Crippen LogP contribution in [0.5, 0.6) is 11.5 Å². The fraction of sp³-hybridized carbons (Fsp3) is 0.435. The van der Waals surface area contributed by atoms with E-state index in [9.17, 15) is 4.79 Å². The number of halogens is 1. The minimum absolute atomic E-state index is 0. The first kappa shape index (κ1) is 23.2. The third kappa shape index (κ3) is 7.35. The van der Waals surface area contributed by atoms with Crippen molar-refractivity contribution < 1.29 is 9.53 Å². The maximum Gasteiger partial charge on any atom is 0.238 e. The topological polar surface area (TPSA) is 53.6 Å². The molecule has 1 heterocycles. The second kappa shape index (κ2) is 11.8. The largest absolute Gasteiger partial charge is 0.455 e. The highest BCUT2D eigenvalue weighted by atomic mass is 35.5. The number of para-hydroxylation sites is 2. The third-order valence-electron chi connectivity index (χ3n) is 5.29. The number of amides is 1.